The van der Waals surface area contributed by atoms with Crippen LogP contribution in [0, 0.1) is 6.92 Å². The summed E-state index contributed by atoms with van der Waals surface area (Å²) in [5.41, 5.74) is 5.13. The number of methoxy groups -OCH3 is 1. The maximum atomic E-state index is 12.6. The largest absolute Gasteiger partial charge is 0.497 e. The maximum absolute atomic E-state index is 12.6. The molecule has 4 rings (SSSR count). The van der Waals surface area contributed by atoms with Gasteiger partial charge in [0.2, 0.25) is 0 Å². The number of aryl methyl sites for hydroxylation is 1. The molecule has 0 spiro atoms. The Bertz CT molecular complexity index is 925. The maximum Gasteiger partial charge on any atom is 0.166 e. The van der Waals surface area contributed by atoms with Crippen molar-refractivity contribution < 1.29 is 9.53 Å². The number of ether oxygens (including phenoxy) is 1. The topological polar surface area (TPSA) is 44.1 Å². The zero-order valence-corrected chi connectivity index (χ0v) is 14.4. The second-order valence-corrected chi connectivity index (χ2v) is 6.56. The average Bonchev–Trinajstić information content (AvgIpc) is 3.06. The van der Waals surface area contributed by atoms with Gasteiger partial charge in [0.05, 0.1) is 30.3 Å². The normalized spacial score (nSPS) is 16.6. The monoisotopic (exact) mass is 332 g/mol. The van der Waals surface area contributed by atoms with E-state index in [2.05, 4.69) is 36.3 Å². The van der Waals surface area contributed by atoms with Gasteiger partial charge < -0.3 is 4.74 Å². The third-order valence-electron chi connectivity index (χ3n) is 4.87. The molecule has 1 atom stereocenters. The van der Waals surface area contributed by atoms with Crippen molar-refractivity contribution in [1.29, 1.82) is 0 Å². The number of rotatable bonds is 3. The summed E-state index contributed by atoms with van der Waals surface area (Å²) in [7, 11) is 1.65. The SMILES string of the molecule is COc1ccc(-n2ncc3c2CC(c2cccc(C)c2)CC3=O)cc1. The second kappa shape index (κ2) is 6.20. The van der Waals surface area contributed by atoms with Crippen molar-refractivity contribution in [2.75, 3.05) is 7.11 Å². The van der Waals surface area contributed by atoms with E-state index in [1.54, 1.807) is 13.3 Å². The molecule has 4 heteroatoms. The third kappa shape index (κ3) is 2.84. The van der Waals surface area contributed by atoms with Gasteiger partial charge in [0.25, 0.3) is 0 Å². The molecule has 1 aromatic heterocycles. The molecule has 1 heterocycles. The molecule has 0 saturated carbocycles. The van der Waals surface area contributed by atoms with E-state index >= 15 is 0 Å². The summed E-state index contributed by atoms with van der Waals surface area (Å²) >= 11 is 0. The Morgan fingerprint density at radius 3 is 2.64 bits per heavy atom. The minimum atomic E-state index is 0.174. The highest BCUT2D eigenvalue weighted by atomic mass is 16.5. The van der Waals surface area contributed by atoms with E-state index in [4.69, 9.17) is 4.74 Å². The van der Waals surface area contributed by atoms with E-state index in [9.17, 15) is 4.79 Å². The lowest BCUT2D eigenvalue weighted by Gasteiger charge is -2.23. The van der Waals surface area contributed by atoms with Crippen molar-refractivity contribution in [3.8, 4) is 11.4 Å². The first-order chi connectivity index (χ1) is 12.2. The van der Waals surface area contributed by atoms with E-state index in [-0.39, 0.29) is 11.7 Å². The number of Topliss-reactive ketones (excluding diaryl/α,β-unsaturated/α-hetero) is 1. The molecule has 0 fully saturated rings. The van der Waals surface area contributed by atoms with Gasteiger partial charge in [-0.05, 0) is 49.1 Å². The zero-order valence-electron chi connectivity index (χ0n) is 14.4. The Morgan fingerprint density at radius 1 is 1.12 bits per heavy atom. The van der Waals surface area contributed by atoms with Gasteiger partial charge in [-0.3, -0.25) is 4.79 Å². The predicted octanol–water partition coefficient (Wildman–Crippen LogP) is 4.10. The number of benzene rings is 2. The summed E-state index contributed by atoms with van der Waals surface area (Å²) in [6.45, 7) is 2.08. The molecule has 25 heavy (non-hydrogen) atoms. The Kier molecular flexibility index (Phi) is 3.88. The molecule has 1 unspecified atom stereocenters. The molecule has 0 radical (unpaired) electrons. The molecule has 2 aromatic carbocycles. The quantitative estimate of drug-likeness (QED) is 0.725. The van der Waals surface area contributed by atoms with Gasteiger partial charge in [0.1, 0.15) is 5.75 Å². The summed E-state index contributed by atoms with van der Waals surface area (Å²) in [6, 6.07) is 16.2. The fourth-order valence-electron chi connectivity index (χ4n) is 3.55. The van der Waals surface area contributed by atoms with Gasteiger partial charge >= 0.3 is 0 Å². The van der Waals surface area contributed by atoms with E-state index in [0.717, 1.165) is 29.1 Å². The predicted molar refractivity (Wildman–Crippen MR) is 96.7 cm³/mol. The first-order valence-electron chi connectivity index (χ1n) is 8.47. The van der Waals surface area contributed by atoms with Crippen molar-refractivity contribution in [1.82, 2.24) is 9.78 Å². The summed E-state index contributed by atoms with van der Waals surface area (Å²) in [5, 5.41) is 4.47. The van der Waals surface area contributed by atoms with E-state index in [1.165, 1.54) is 11.1 Å². The Balaban J connectivity index is 1.72. The Morgan fingerprint density at radius 2 is 1.92 bits per heavy atom. The van der Waals surface area contributed by atoms with Gasteiger partial charge in [-0.15, -0.1) is 0 Å². The first-order valence-corrected chi connectivity index (χ1v) is 8.47. The van der Waals surface area contributed by atoms with Crippen molar-refractivity contribution in [2.45, 2.75) is 25.7 Å². The number of aromatic nitrogens is 2. The molecule has 0 aliphatic heterocycles. The van der Waals surface area contributed by atoms with E-state index in [1.807, 2.05) is 28.9 Å². The van der Waals surface area contributed by atoms with Crippen molar-refractivity contribution in [3.63, 3.8) is 0 Å². The van der Waals surface area contributed by atoms with Gasteiger partial charge in [-0.1, -0.05) is 29.8 Å². The van der Waals surface area contributed by atoms with Crippen LogP contribution < -0.4 is 4.74 Å². The van der Waals surface area contributed by atoms with Crippen molar-refractivity contribution >= 4 is 5.78 Å². The Labute approximate surface area is 147 Å². The van der Waals surface area contributed by atoms with E-state index in [0.29, 0.717) is 6.42 Å². The number of hydrogen-bond acceptors (Lipinski definition) is 3. The number of carbonyl (C=O) groups is 1. The molecule has 0 amide bonds. The molecule has 0 saturated heterocycles. The van der Waals surface area contributed by atoms with E-state index < -0.39 is 0 Å². The van der Waals surface area contributed by atoms with Crippen molar-refractivity contribution in [3.05, 3.63) is 77.1 Å². The molecule has 4 nitrogen and oxygen atoms in total. The highest BCUT2D eigenvalue weighted by molar-refractivity contribution is 5.98. The van der Waals surface area contributed by atoms with Gasteiger partial charge in [0, 0.05) is 6.42 Å². The van der Waals surface area contributed by atoms with Crippen LogP contribution in [-0.2, 0) is 6.42 Å². The molecule has 0 N–H and O–H groups in total. The first kappa shape index (κ1) is 15.6. The van der Waals surface area contributed by atoms with Crippen LogP contribution in [0.4, 0.5) is 0 Å². The molecular weight excluding hydrogens is 312 g/mol. The zero-order chi connectivity index (χ0) is 17.4. The second-order valence-electron chi connectivity index (χ2n) is 6.56. The Hall–Kier alpha value is -2.88. The third-order valence-corrected chi connectivity index (χ3v) is 4.87. The summed E-state index contributed by atoms with van der Waals surface area (Å²) in [4.78, 5) is 12.6. The number of carbonyl (C=O) groups excluding carboxylic acids is 1. The minimum absolute atomic E-state index is 0.174. The average molecular weight is 332 g/mol. The lowest BCUT2D eigenvalue weighted by Crippen LogP contribution is -2.20. The highest BCUT2D eigenvalue weighted by Crippen LogP contribution is 2.34. The fourth-order valence-corrected chi connectivity index (χ4v) is 3.55. The lowest BCUT2D eigenvalue weighted by molar-refractivity contribution is 0.0963. The number of fused-ring (bicyclic) bond motifs is 1. The molecule has 1 aliphatic rings. The molecule has 3 aromatic rings. The number of nitrogens with zero attached hydrogens (tertiary/aromatic N) is 2. The van der Waals surface area contributed by atoms with Crippen molar-refractivity contribution in [2.24, 2.45) is 0 Å². The van der Waals surface area contributed by atoms with Crippen LogP contribution >= 0.6 is 0 Å². The van der Waals surface area contributed by atoms with Crippen LogP contribution in [0.15, 0.2) is 54.7 Å². The standard InChI is InChI=1S/C21H20N2O2/c1-14-4-3-5-15(10-14)16-11-20-19(21(24)12-16)13-22-23(20)17-6-8-18(25-2)9-7-17/h3-10,13,16H,11-12H2,1-2H3. The molecular formula is C21H20N2O2. The van der Waals surface area contributed by atoms with Crippen LogP contribution in [0.1, 0.15) is 39.5 Å². The van der Waals surface area contributed by atoms with Crippen LogP contribution in [0.2, 0.25) is 0 Å². The van der Waals surface area contributed by atoms with Gasteiger partial charge in [-0.2, -0.15) is 5.10 Å². The van der Waals surface area contributed by atoms with Crippen LogP contribution in [0.3, 0.4) is 0 Å². The van der Waals surface area contributed by atoms with Crippen LogP contribution in [0.25, 0.3) is 5.69 Å². The summed E-state index contributed by atoms with van der Waals surface area (Å²) in [5.74, 6) is 1.18. The number of ketones is 1. The highest BCUT2D eigenvalue weighted by Gasteiger charge is 2.30. The number of hydrogen-bond donors (Lipinski definition) is 0. The lowest BCUT2D eigenvalue weighted by atomic mass is 9.82. The summed E-state index contributed by atoms with van der Waals surface area (Å²) < 4.78 is 7.10. The smallest absolute Gasteiger partial charge is 0.166 e. The molecule has 0 bridgehead atoms. The minimum Gasteiger partial charge on any atom is -0.497 e. The molecule has 126 valence electrons. The van der Waals surface area contributed by atoms with Gasteiger partial charge in [-0.25, -0.2) is 4.68 Å². The molecule has 1 aliphatic carbocycles. The van der Waals surface area contributed by atoms with Crippen LogP contribution in [0.5, 0.6) is 5.75 Å². The summed E-state index contributed by atoms with van der Waals surface area (Å²) in [6.07, 6.45) is 3.07. The van der Waals surface area contributed by atoms with Gasteiger partial charge in [0.15, 0.2) is 5.78 Å². The van der Waals surface area contributed by atoms with Crippen LogP contribution in [-0.4, -0.2) is 22.7 Å². The fraction of sp³-hybridized carbons (Fsp3) is 0.238.